The van der Waals surface area contributed by atoms with Crippen molar-refractivity contribution < 1.29 is 13.6 Å². The van der Waals surface area contributed by atoms with Gasteiger partial charge in [0.25, 0.3) is 11.1 Å². The van der Waals surface area contributed by atoms with E-state index in [1.807, 2.05) is 37.3 Å². The van der Waals surface area contributed by atoms with Gasteiger partial charge in [-0.1, -0.05) is 55.9 Å². The zero-order valence-corrected chi connectivity index (χ0v) is 16.5. The highest BCUT2D eigenvalue weighted by Gasteiger charge is 2.18. The van der Waals surface area contributed by atoms with Gasteiger partial charge in [0.05, 0.1) is 23.6 Å². The second-order valence-electron chi connectivity index (χ2n) is 6.71. The SMILES string of the molecule is Cc1occc1-c1nnc(SCC(=O)N[C@@H](CC(C)C)c2ccccc2)o1. The number of carbonyl (C=O) groups is 1. The van der Waals surface area contributed by atoms with Crippen molar-refractivity contribution in [2.45, 2.75) is 38.5 Å². The summed E-state index contributed by atoms with van der Waals surface area (Å²) in [5.41, 5.74) is 1.87. The summed E-state index contributed by atoms with van der Waals surface area (Å²) < 4.78 is 10.9. The minimum absolute atomic E-state index is 0.00822. The number of aryl methyl sites for hydroxylation is 1. The maximum absolute atomic E-state index is 12.4. The number of hydrogen-bond acceptors (Lipinski definition) is 6. The molecule has 27 heavy (non-hydrogen) atoms. The Morgan fingerprint density at radius 2 is 1.96 bits per heavy atom. The molecule has 142 valence electrons. The van der Waals surface area contributed by atoms with Crippen molar-refractivity contribution in [1.29, 1.82) is 0 Å². The van der Waals surface area contributed by atoms with Crippen LogP contribution in [0.2, 0.25) is 0 Å². The van der Waals surface area contributed by atoms with Crippen molar-refractivity contribution in [1.82, 2.24) is 15.5 Å². The molecule has 2 heterocycles. The number of benzene rings is 1. The zero-order valence-electron chi connectivity index (χ0n) is 15.6. The summed E-state index contributed by atoms with van der Waals surface area (Å²) in [4.78, 5) is 12.4. The van der Waals surface area contributed by atoms with E-state index in [2.05, 4.69) is 29.4 Å². The Morgan fingerprint density at radius 3 is 2.63 bits per heavy atom. The molecule has 0 bridgehead atoms. The first-order chi connectivity index (χ1) is 13.0. The number of furan rings is 1. The number of thioether (sulfide) groups is 1. The van der Waals surface area contributed by atoms with E-state index < -0.39 is 0 Å². The molecule has 1 atom stereocenters. The van der Waals surface area contributed by atoms with Gasteiger partial charge in [0, 0.05) is 0 Å². The Morgan fingerprint density at radius 1 is 1.19 bits per heavy atom. The third-order valence-electron chi connectivity index (χ3n) is 4.07. The minimum Gasteiger partial charge on any atom is -0.469 e. The van der Waals surface area contributed by atoms with Crippen molar-refractivity contribution >= 4 is 17.7 Å². The van der Waals surface area contributed by atoms with Crippen molar-refractivity contribution in [2.75, 3.05) is 5.75 Å². The average Bonchev–Trinajstić information content (AvgIpc) is 3.28. The number of carbonyl (C=O) groups excluding carboxylic acids is 1. The summed E-state index contributed by atoms with van der Waals surface area (Å²) in [6, 6.07) is 11.8. The Labute approximate surface area is 162 Å². The molecule has 3 rings (SSSR count). The maximum atomic E-state index is 12.4. The van der Waals surface area contributed by atoms with Gasteiger partial charge >= 0.3 is 0 Å². The Balaban J connectivity index is 1.58. The number of amides is 1. The van der Waals surface area contributed by atoms with E-state index in [9.17, 15) is 4.79 Å². The summed E-state index contributed by atoms with van der Waals surface area (Å²) in [5, 5.41) is 11.5. The molecule has 2 aromatic heterocycles. The van der Waals surface area contributed by atoms with Gasteiger partial charge < -0.3 is 14.2 Å². The van der Waals surface area contributed by atoms with Crippen LogP contribution in [0.1, 0.15) is 37.6 Å². The molecule has 1 N–H and O–H groups in total. The summed E-state index contributed by atoms with van der Waals surface area (Å²) in [7, 11) is 0. The van der Waals surface area contributed by atoms with E-state index >= 15 is 0 Å². The first-order valence-corrected chi connectivity index (χ1v) is 9.86. The lowest BCUT2D eigenvalue weighted by atomic mass is 9.97. The highest BCUT2D eigenvalue weighted by molar-refractivity contribution is 7.99. The molecule has 1 amide bonds. The molecule has 0 saturated carbocycles. The lowest BCUT2D eigenvalue weighted by Crippen LogP contribution is -2.30. The molecule has 0 aliphatic heterocycles. The first kappa shape index (κ1) is 19.2. The second-order valence-corrected chi connectivity index (χ2v) is 7.64. The molecular weight excluding hydrogens is 362 g/mol. The topological polar surface area (TPSA) is 81.2 Å². The average molecular weight is 385 g/mol. The fourth-order valence-corrected chi connectivity index (χ4v) is 3.36. The highest BCUT2D eigenvalue weighted by atomic mass is 32.2. The summed E-state index contributed by atoms with van der Waals surface area (Å²) in [6.07, 6.45) is 2.46. The number of nitrogens with one attached hydrogen (secondary N) is 1. The van der Waals surface area contributed by atoms with Gasteiger partial charge in [-0.25, -0.2) is 0 Å². The van der Waals surface area contributed by atoms with Crippen molar-refractivity contribution in [3.8, 4) is 11.5 Å². The predicted molar refractivity (Wildman–Crippen MR) is 104 cm³/mol. The van der Waals surface area contributed by atoms with Crippen LogP contribution in [-0.4, -0.2) is 21.9 Å². The molecule has 0 radical (unpaired) electrons. The molecular formula is C20H23N3O3S. The van der Waals surface area contributed by atoms with E-state index in [0.717, 1.165) is 17.5 Å². The lowest BCUT2D eigenvalue weighted by Gasteiger charge is -2.21. The van der Waals surface area contributed by atoms with Gasteiger partial charge in [-0.2, -0.15) is 0 Å². The van der Waals surface area contributed by atoms with Gasteiger partial charge in [0.2, 0.25) is 5.91 Å². The summed E-state index contributed by atoms with van der Waals surface area (Å²) in [5.74, 6) is 1.74. The second kappa shape index (κ2) is 8.90. The monoisotopic (exact) mass is 385 g/mol. The van der Waals surface area contributed by atoms with Crippen LogP contribution in [0.3, 0.4) is 0 Å². The van der Waals surface area contributed by atoms with Crippen molar-refractivity contribution in [3.63, 3.8) is 0 Å². The molecule has 0 spiro atoms. The molecule has 0 saturated heterocycles. The number of rotatable bonds is 8. The van der Waals surface area contributed by atoms with Crippen LogP contribution < -0.4 is 5.32 Å². The molecule has 7 heteroatoms. The quantitative estimate of drug-likeness (QED) is 0.569. The van der Waals surface area contributed by atoms with Crippen molar-refractivity contribution in [3.05, 3.63) is 54.0 Å². The van der Waals surface area contributed by atoms with Crippen LogP contribution >= 0.6 is 11.8 Å². The summed E-state index contributed by atoms with van der Waals surface area (Å²) >= 11 is 1.23. The molecule has 1 aromatic carbocycles. The van der Waals surface area contributed by atoms with Crippen LogP contribution in [0.15, 0.2) is 56.7 Å². The summed E-state index contributed by atoms with van der Waals surface area (Å²) in [6.45, 7) is 6.13. The largest absolute Gasteiger partial charge is 0.469 e. The molecule has 0 fully saturated rings. The Hall–Kier alpha value is -2.54. The van der Waals surface area contributed by atoms with Gasteiger partial charge in [-0.3, -0.25) is 4.79 Å². The zero-order chi connectivity index (χ0) is 19.2. The van der Waals surface area contributed by atoms with Crippen molar-refractivity contribution in [2.24, 2.45) is 5.92 Å². The fraction of sp³-hybridized carbons (Fsp3) is 0.350. The van der Waals surface area contributed by atoms with E-state index in [1.54, 1.807) is 12.3 Å². The molecule has 0 unspecified atom stereocenters. The first-order valence-electron chi connectivity index (χ1n) is 8.88. The molecule has 6 nitrogen and oxygen atoms in total. The van der Waals surface area contributed by atoms with Gasteiger partial charge in [-0.15, -0.1) is 10.2 Å². The smallest absolute Gasteiger partial charge is 0.277 e. The van der Waals surface area contributed by atoms with Crippen LogP contribution in [0.4, 0.5) is 0 Å². The Bertz CT molecular complexity index is 873. The standard InChI is InChI=1S/C20H23N3O3S/c1-13(2)11-17(15-7-5-4-6-8-15)21-18(24)12-27-20-23-22-19(26-20)16-9-10-25-14(16)3/h4-10,13,17H,11-12H2,1-3H3,(H,21,24)/t17-/m0/s1. The van der Waals surface area contributed by atoms with Gasteiger partial charge in [0.1, 0.15) is 5.76 Å². The number of hydrogen-bond donors (Lipinski definition) is 1. The molecule has 0 aliphatic rings. The van der Waals surface area contributed by atoms with E-state index in [-0.39, 0.29) is 17.7 Å². The highest BCUT2D eigenvalue weighted by Crippen LogP contribution is 2.26. The number of aromatic nitrogens is 2. The number of nitrogens with zero attached hydrogens (tertiary/aromatic N) is 2. The minimum atomic E-state index is -0.0613. The normalized spacial score (nSPS) is 12.3. The van der Waals surface area contributed by atoms with Gasteiger partial charge in [-0.05, 0) is 30.9 Å². The van der Waals surface area contributed by atoms with E-state index in [1.165, 1.54) is 11.8 Å². The molecule has 3 aromatic rings. The van der Waals surface area contributed by atoms with Crippen LogP contribution in [0.25, 0.3) is 11.5 Å². The fourth-order valence-electron chi connectivity index (χ4n) is 2.78. The third kappa shape index (κ3) is 5.23. The lowest BCUT2D eigenvalue weighted by molar-refractivity contribution is -0.119. The molecule has 0 aliphatic carbocycles. The third-order valence-corrected chi connectivity index (χ3v) is 4.89. The van der Waals surface area contributed by atoms with Crippen LogP contribution in [0.5, 0.6) is 0 Å². The van der Waals surface area contributed by atoms with E-state index in [0.29, 0.717) is 22.8 Å². The van der Waals surface area contributed by atoms with E-state index in [4.69, 9.17) is 8.83 Å². The van der Waals surface area contributed by atoms with Crippen LogP contribution in [0, 0.1) is 12.8 Å². The predicted octanol–water partition coefficient (Wildman–Crippen LogP) is 4.63. The maximum Gasteiger partial charge on any atom is 0.277 e. The Kier molecular flexibility index (Phi) is 6.34. The van der Waals surface area contributed by atoms with Crippen LogP contribution in [-0.2, 0) is 4.79 Å². The van der Waals surface area contributed by atoms with Gasteiger partial charge in [0.15, 0.2) is 0 Å².